The minimum atomic E-state index is -1.61. The van der Waals surface area contributed by atoms with Crippen molar-refractivity contribution in [3.05, 3.63) is 35.9 Å². The average molecular weight is 722 g/mol. The van der Waals surface area contributed by atoms with E-state index < -0.39 is 90.7 Å². The molecule has 0 aliphatic carbocycles. The second-order valence-electron chi connectivity index (χ2n) is 11.7. The number of nitrogens with one attached hydrogen (secondary N) is 5. The summed E-state index contributed by atoms with van der Waals surface area (Å²) in [7, 11) is 0. The predicted molar refractivity (Wildman–Crippen MR) is 185 cm³/mol. The number of carboxylic acids is 1. The number of aliphatic hydroxyl groups excluding tert-OH is 1. The molecule has 6 amide bonds. The fourth-order valence-electron chi connectivity index (χ4n) is 4.57. The summed E-state index contributed by atoms with van der Waals surface area (Å²) in [6, 6.07) is 0.454. The molecular formula is C31H51N11O9. The zero-order valence-electron chi connectivity index (χ0n) is 28.5. The molecule has 0 spiro atoms. The molecule has 0 saturated carbocycles. The Morgan fingerprint density at radius 2 is 1.27 bits per heavy atom. The Labute approximate surface area is 295 Å². The van der Waals surface area contributed by atoms with Crippen LogP contribution in [0, 0.1) is 0 Å². The van der Waals surface area contributed by atoms with Crippen molar-refractivity contribution in [3.8, 4) is 0 Å². The molecule has 20 heteroatoms. The van der Waals surface area contributed by atoms with Crippen molar-refractivity contribution in [2.45, 2.75) is 88.1 Å². The molecule has 6 atom stereocenters. The highest BCUT2D eigenvalue weighted by Gasteiger charge is 2.32. The molecule has 0 heterocycles. The molecule has 51 heavy (non-hydrogen) atoms. The van der Waals surface area contributed by atoms with Gasteiger partial charge >= 0.3 is 5.97 Å². The van der Waals surface area contributed by atoms with Gasteiger partial charge in [0.05, 0.1) is 13.0 Å². The first-order valence-corrected chi connectivity index (χ1v) is 16.3. The second-order valence-corrected chi connectivity index (χ2v) is 11.7. The summed E-state index contributed by atoms with van der Waals surface area (Å²) in [5.74, 6) is -6.90. The van der Waals surface area contributed by atoms with Gasteiger partial charge in [-0.3, -0.25) is 33.8 Å². The normalized spacial score (nSPS) is 14.3. The van der Waals surface area contributed by atoms with Gasteiger partial charge in [0.25, 0.3) is 0 Å². The Morgan fingerprint density at radius 1 is 0.725 bits per heavy atom. The number of aliphatic hydroxyl groups is 1. The molecule has 6 unspecified atom stereocenters. The van der Waals surface area contributed by atoms with Gasteiger partial charge < -0.3 is 65.5 Å². The fraction of sp³-hybridized carbons (Fsp3) is 0.548. The van der Waals surface area contributed by atoms with E-state index in [0.717, 1.165) is 0 Å². The lowest BCUT2D eigenvalue weighted by atomic mass is 10.0. The van der Waals surface area contributed by atoms with Crippen LogP contribution in [-0.4, -0.2) is 114 Å². The van der Waals surface area contributed by atoms with E-state index in [4.69, 9.17) is 33.8 Å². The number of primary amides is 1. The van der Waals surface area contributed by atoms with Crippen LogP contribution in [-0.2, 0) is 40.0 Å². The number of carbonyl (C=O) groups excluding carboxylic acids is 6. The van der Waals surface area contributed by atoms with Crippen LogP contribution in [0.3, 0.4) is 0 Å². The van der Waals surface area contributed by atoms with Gasteiger partial charge in [-0.15, -0.1) is 0 Å². The topological polar surface area (TPSA) is 363 Å². The number of unbranched alkanes of at least 4 members (excludes halogenated alkanes) is 1. The van der Waals surface area contributed by atoms with E-state index in [2.05, 4.69) is 31.6 Å². The molecule has 0 fully saturated rings. The van der Waals surface area contributed by atoms with E-state index in [-0.39, 0.29) is 38.2 Å². The van der Waals surface area contributed by atoms with Crippen LogP contribution in [0.1, 0.15) is 51.0 Å². The molecule has 1 rings (SSSR count). The molecule has 20 nitrogen and oxygen atoms in total. The Hall–Kier alpha value is -5.34. The Balaban J connectivity index is 3.32. The van der Waals surface area contributed by atoms with E-state index in [1.54, 1.807) is 30.3 Å². The number of guanidine groups is 1. The summed E-state index contributed by atoms with van der Waals surface area (Å²) in [5, 5.41) is 30.8. The van der Waals surface area contributed by atoms with Crippen molar-refractivity contribution in [2.24, 2.45) is 33.7 Å². The highest BCUT2D eigenvalue weighted by molar-refractivity contribution is 5.97. The number of nitrogens with zero attached hydrogens (tertiary/aromatic N) is 1. The van der Waals surface area contributed by atoms with E-state index in [9.17, 15) is 38.7 Å². The molecule has 0 aliphatic heterocycles. The van der Waals surface area contributed by atoms with Gasteiger partial charge in [-0.05, 0) is 51.1 Å². The van der Waals surface area contributed by atoms with Crippen molar-refractivity contribution < 1.29 is 43.8 Å². The van der Waals surface area contributed by atoms with Crippen molar-refractivity contribution >= 4 is 47.4 Å². The third-order valence-electron chi connectivity index (χ3n) is 7.38. The summed E-state index contributed by atoms with van der Waals surface area (Å²) in [6.07, 6.45) is 0.224. The number of benzene rings is 1. The van der Waals surface area contributed by atoms with Crippen LogP contribution in [0.25, 0.3) is 0 Å². The minimum Gasteiger partial charge on any atom is -0.480 e. The number of hydrogen-bond acceptors (Lipinski definition) is 11. The molecule has 1 aromatic carbocycles. The van der Waals surface area contributed by atoms with Gasteiger partial charge in [-0.2, -0.15) is 0 Å². The standard InChI is InChI=1S/C31H51N11O9/c1-17(38-26(46)19(33)16-43)25(45)41-22(14-18-8-3-2-4-9-18)28(48)39-20(11-7-13-37-31(35)36)27(47)42-23(15-24(34)44)29(49)40-21(30(50)51)10-5-6-12-32/h2-4,8-9,17,19-23,43H,5-7,10-16,32-33H2,1H3,(H2,34,44)(H,38,46)(H,39,48)(H,40,49)(H,41,45)(H,42,47)(H,50,51)(H4,35,36,37). The van der Waals surface area contributed by atoms with Crippen molar-refractivity contribution in [1.29, 1.82) is 0 Å². The first kappa shape index (κ1) is 43.7. The van der Waals surface area contributed by atoms with Gasteiger partial charge in [-0.1, -0.05) is 30.3 Å². The van der Waals surface area contributed by atoms with E-state index in [1.165, 1.54) is 6.92 Å². The zero-order valence-corrected chi connectivity index (χ0v) is 28.5. The van der Waals surface area contributed by atoms with Gasteiger partial charge in [0.15, 0.2) is 5.96 Å². The number of nitrogens with two attached hydrogens (primary N) is 5. The zero-order chi connectivity index (χ0) is 38.5. The number of aliphatic imine (C=N–C) groups is 1. The van der Waals surface area contributed by atoms with Crippen LogP contribution in [0.2, 0.25) is 0 Å². The van der Waals surface area contributed by atoms with Crippen LogP contribution >= 0.6 is 0 Å². The lowest BCUT2D eigenvalue weighted by Crippen LogP contribution is -2.59. The van der Waals surface area contributed by atoms with Gasteiger partial charge in [-0.25, -0.2) is 4.79 Å². The number of hydrogen-bond donors (Lipinski definition) is 12. The van der Waals surface area contributed by atoms with Gasteiger partial charge in [0.2, 0.25) is 35.4 Å². The van der Waals surface area contributed by atoms with Gasteiger partial charge in [0, 0.05) is 13.0 Å². The third-order valence-corrected chi connectivity index (χ3v) is 7.38. The van der Waals surface area contributed by atoms with Crippen molar-refractivity contribution in [2.75, 3.05) is 19.7 Å². The lowest BCUT2D eigenvalue weighted by molar-refractivity contribution is -0.142. The molecule has 0 saturated heterocycles. The highest BCUT2D eigenvalue weighted by atomic mass is 16.4. The molecule has 17 N–H and O–H groups in total. The van der Waals surface area contributed by atoms with Crippen LogP contribution in [0.4, 0.5) is 0 Å². The summed E-state index contributed by atoms with van der Waals surface area (Å²) >= 11 is 0. The van der Waals surface area contributed by atoms with Gasteiger partial charge in [0.1, 0.15) is 36.3 Å². The van der Waals surface area contributed by atoms with E-state index >= 15 is 0 Å². The average Bonchev–Trinajstić information content (AvgIpc) is 3.07. The maximum atomic E-state index is 13.7. The molecule has 1 aromatic rings. The second kappa shape index (κ2) is 23.1. The Bertz CT molecular complexity index is 1360. The van der Waals surface area contributed by atoms with E-state index in [1.807, 2.05) is 0 Å². The summed E-state index contributed by atoms with van der Waals surface area (Å²) in [6.45, 7) is 1.03. The Morgan fingerprint density at radius 3 is 1.84 bits per heavy atom. The number of carboxylic acid groups (broad SMARTS) is 1. The summed E-state index contributed by atoms with van der Waals surface area (Å²) in [4.78, 5) is 93.2. The minimum absolute atomic E-state index is 0.0318. The first-order chi connectivity index (χ1) is 24.1. The van der Waals surface area contributed by atoms with Crippen molar-refractivity contribution in [1.82, 2.24) is 26.6 Å². The quantitative estimate of drug-likeness (QED) is 0.0271. The van der Waals surface area contributed by atoms with Crippen LogP contribution < -0.4 is 55.3 Å². The molecular weight excluding hydrogens is 670 g/mol. The molecule has 284 valence electrons. The van der Waals surface area contributed by atoms with Crippen LogP contribution in [0.15, 0.2) is 35.3 Å². The monoisotopic (exact) mass is 721 g/mol. The molecule has 0 radical (unpaired) electrons. The summed E-state index contributed by atoms with van der Waals surface area (Å²) in [5.41, 5.74) is 27.7. The predicted octanol–water partition coefficient (Wildman–Crippen LogP) is -4.86. The SMILES string of the molecule is CC(NC(=O)C(N)CO)C(=O)NC(Cc1ccccc1)C(=O)NC(CCCN=C(N)N)C(=O)NC(CC(N)=O)C(=O)NC(CCCCN)C(=O)O. The molecule has 0 bridgehead atoms. The fourth-order valence-corrected chi connectivity index (χ4v) is 4.57. The number of rotatable bonds is 24. The largest absolute Gasteiger partial charge is 0.480 e. The summed E-state index contributed by atoms with van der Waals surface area (Å²) < 4.78 is 0. The molecule has 0 aromatic heterocycles. The number of aliphatic carboxylic acids is 1. The third kappa shape index (κ3) is 17.2. The van der Waals surface area contributed by atoms with Crippen LogP contribution in [0.5, 0.6) is 0 Å². The number of amides is 6. The Kier molecular flexibility index (Phi) is 19.8. The molecule has 0 aliphatic rings. The lowest BCUT2D eigenvalue weighted by Gasteiger charge is -2.26. The van der Waals surface area contributed by atoms with Crippen molar-refractivity contribution in [3.63, 3.8) is 0 Å². The smallest absolute Gasteiger partial charge is 0.326 e. The number of carbonyl (C=O) groups is 7. The maximum absolute atomic E-state index is 13.7. The van der Waals surface area contributed by atoms with E-state index in [0.29, 0.717) is 24.9 Å². The first-order valence-electron chi connectivity index (χ1n) is 16.3. The maximum Gasteiger partial charge on any atom is 0.326 e. The highest BCUT2D eigenvalue weighted by Crippen LogP contribution is 2.08.